The van der Waals surface area contributed by atoms with Crippen LogP contribution in [0, 0.1) is 0 Å². The van der Waals surface area contributed by atoms with E-state index < -0.39 is 15.8 Å². The minimum absolute atomic E-state index is 0.0149. The van der Waals surface area contributed by atoms with Gasteiger partial charge in [0.2, 0.25) is 0 Å². The van der Waals surface area contributed by atoms with Crippen molar-refractivity contribution in [3.63, 3.8) is 0 Å². The number of aryl methyl sites for hydroxylation is 1. The fourth-order valence-corrected chi connectivity index (χ4v) is 4.56. The second-order valence-electron chi connectivity index (χ2n) is 5.86. The van der Waals surface area contributed by atoms with E-state index in [1.165, 1.54) is 4.90 Å². The lowest BCUT2D eigenvalue weighted by atomic mass is 10.1. The molecule has 132 valence electrons. The van der Waals surface area contributed by atoms with Gasteiger partial charge in [0.05, 0.1) is 17.1 Å². The van der Waals surface area contributed by atoms with E-state index in [-0.39, 0.29) is 30.1 Å². The third-order valence-corrected chi connectivity index (χ3v) is 5.99. The second kappa shape index (κ2) is 7.79. The summed E-state index contributed by atoms with van der Waals surface area (Å²) < 4.78 is 28.2. The molecule has 1 fully saturated rings. The highest BCUT2D eigenvalue weighted by Crippen LogP contribution is 2.18. The Kier molecular flexibility index (Phi) is 5.99. The highest BCUT2D eigenvalue weighted by atomic mass is 32.2. The van der Waals surface area contributed by atoms with E-state index in [1.54, 1.807) is 19.1 Å². The van der Waals surface area contributed by atoms with Crippen molar-refractivity contribution in [2.24, 2.45) is 0 Å². The van der Waals surface area contributed by atoms with Gasteiger partial charge >= 0.3 is 5.97 Å². The Hall–Kier alpha value is -1.89. The Bertz CT molecular complexity index is 696. The first-order chi connectivity index (χ1) is 11.4. The van der Waals surface area contributed by atoms with E-state index in [0.29, 0.717) is 18.5 Å². The van der Waals surface area contributed by atoms with Gasteiger partial charge in [-0.2, -0.15) is 0 Å². The van der Waals surface area contributed by atoms with Crippen molar-refractivity contribution in [2.45, 2.75) is 32.7 Å². The van der Waals surface area contributed by atoms with E-state index in [0.717, 1.165) is 12.0 Å². The van der Waals surface area contributed by atoms with Crippen LogP contribution >= 0.6 is 0 Å². The summed E-state index contributed by atoms with van der Waals surface area (Å²) in [7, 11) is -3.07. The van der Waals surface area contributed by atoms with Crippen LogP contribution in [0.3, 0.4) is 0 Å². The Balaban J connectivity index is 1.92. The maximum Gasteiger partial charge on any atom is 0.338 e. The van der Waals surface area contributed by atoms with Crippen LogP contribution in [0.15, 0.2) is 24.3 Å². The number of amides is 1. The SMILES string of the molecule is CCc1ccc(C(=O)OCC(=O)N(CC)C2CCS(=O)(=O)C2)cc1. The fraction of sp³-hybridized carbons (Fsp3) is 0.529. The standard InChI is InChI=1S/C17H23NO5S/c1-3-13-5-7-14(8-6-13)17(20)23-11-16(19)18(4-2)15-9-10-24(21,22)12-15/h5-8,15H,3-4,9-12H2,1-2H3. The van der Waals surface area contributed by atoms with Crippen LogP contribution in [0.5, 0.6) is 0 Å². The van der Waals surface area contributed by atoms with Crippen LogP contribution in [-0.2, 0) is 25.8 Å². The quantitative estimate of drug-likeness (QED) is 0.723. The van der Waals surface area contributed by atoms with Crippen molar-refractivity contribution in [1.82, 2.24) is 4.90 Å². The summed E-state index contributed by atoms with van der Waals surface area (Å²) in [5.74, 6) is -0.830. The number of carbonyl (C=O) groups is 2. The van der Waals surface area contributed by atoms with Gasteiger partial charge < -0.3 is 9.64 Å². The van der Waals surface area contributed by atoms with E-state index in [1.807, 2.05) is 19.1 Å². The van der Waals surface area contributed by atoms with E-state index in [2.05, 4.69) is 0 Å². The molecule has 0 saturated carbocycles. The van der Waals surface area contributed by atoms with Gasteiger partial charge in [0.1, 0.15) is 0 Å². The molecule has 0 N–H and O–H groups in total. The molecule has 6 nitrogen and oxygen atoms in total. The summed E-state index contributed by atoms with van der Waals surface area (Å²) in [5.41, 5.74) is 1.51. The lowest BCUT2D eigenvalue weighted by molar-refractivity contribution is -0.136. The summed E-state index contributed by atoms with van der Waals surface area (Å²) in [4.78, 5) is 25.7. The Morgan fingerprint density at radius 3 is 2.38 bits per heavy atom. The first kappa shape index (κ1) is 18.4. The average Bonchev–Trinajstić information content (AvgIpc) is 2.93. The van der Waals surface area contributed by atoms with Crippen LogP contribution in [0.4, 0.5) is 0 Å². The average molecular weight is 353 g/mol. The lowest BCUT2D eigenvalue weighted by Gasteiger charge is -2.26. The Morgan fingerprint density at radius 1 is 1.21 bits per heavy atom. The molecular formula is C17H23NO5S. The second-order valence-corrected chi connectivity index (χ2v) is 8.09. The molecule has 1 heterocycles. The number of sulfone groups is 1. The molecule has 7 heteroatoms. The smallest absolute Gasteiger partial charge is 0.338 e. The number of esters is 1. The van der Waals surface area contributed by atoms with Crippen molar-refractivity contribution in [3.05, 3.63) is 35.4 Å². The molecule has 1 unspecified atom stereocenters. The molecule has 1 aromatic rings. The number of hydrogen-bond donors (Lipinski definition) is 0. The minimum atomic E-state index is -3.07. The molecule has 1 aliphatic rings. The highest BCUT2D eigenvalue weighted by Gasteiger charge is 2.34. The minimum Gasteiger partial charge on any atom is -0.452 e. The van der Waals surface area contributed by atoms with Crippen LogP contribution in [0.2, 0.25) is 0 Å². The van der Waals surface area contributed by atoms with Crippen molar-refractivity contribution in [1.29, 1.82) is 0 Å². The maximum absolute atomic E-state index is 12.3. The van der Waals surface area contributed by atoms with Gasteiger partial charge in [-0.3, -0.25) is 4.79 Å². The number of ether oxygens (including phenoxy) is 1. The lowest BCUT2D eigenvalue weighted by Crippen LogP contribution is -2.43. The molecule has 1 saturated heterocycles. The van der Waals surface area contributed by atoms with Crippen LogP contribution in [-0.4, -0.2) is 55.9 Å². The third kappa shape index (κ3) is 4.56. The van der Waals surface area contributed by atoms with E-state index in [9.17, 15) is 18.0 Å². The Morgan fingerprint density at radius 2 is 1.88 bits per heavy atom. The fourth-order valence-electron chi connectivity index (χ4n) is 2.83. The summed E-state index contributed by atoms with van der Waals surface area (Å²) in [6, 6.07) is 6.72. The predicted octanol–water partition coefficient (Wildman–Crippen LogP) is 1.44. The van der Waals surface area contributed by atoms with E-state index in [4.69, 9.17) is 4.74 Å². The number of hydrogen-bond acceptors (Lipinski definition) is 5. The van der Waals surface area contributed by atoms with Crippen molar-refractivity contribution in [3.8, 4) is 0 Å². The Labute approximate surface area is 142 Å². The summed E-state index contributed by atoms with van der Waals surface area (Å²) in [6.07, 6.45) is 1.32. The van der Waals surface area contributed by atoms with Crippen LogP contribution in [0.25, 0.3) is 0 Å². The molecule has 2 rings (SSSR count). The third-order valence-electron chi connectivity index (χ3n) is 4.23. The number of nitrogens with zero attached hydrogens (tertiary/aromatic N) is 1. The highest BCUT2D eigenvalue weighted by molar-refractivity contribution is 7.91. The van der Waals surface area contributed by atoms with Crippen molar-refractivity contribution < 1.29 is 22.7 Å². The molecule has 1 amide bonds. The summed E-state index contributed by atoms with van der Waals surface area (Å²) in [6.45, 7) is 3.82. The molecule has 0 bridgehead atoms. The number of carbonyl (C=O) groups excluding carboxylic acids is 2. The number of benzene rings is 1. The zero-order chi connectivity index (χ0) is 17.7. The topological polar surface area (TPSA) is 80.8 Å². The molecular weight excluding hydrogens is 330 g/mol. The monoisotopic (exact) mass is 353 g/mol. The van der Waals surface area contributed by atoms with Gasteiger partial charge in [0.25, 0.3) is 5.91 Å². The summed E-state index contributed by atoms with van der Waals surface area (Å²) >= 11 is 0. The molecule has 0 radical (unpaired) electrons. The maximum atomic E-state index is 12.3. The zero-order valence-electron chi connectivity index (χ0n) is 14.0. The molecule has 0 aromatic heterocycles. The largest absolute Gasteiger partial charge is 0.452 e. The van der Waals surface area contributed by atoms with E-state index >= 15 is 0 Å². The zero-order valence-corrected chi connectivity index (χ0v) is 14.8. The van der Waals surface area contributed by atoms with Crippen molar-refractivity contribution >= 4 is 21.7 Å². The molecule has 0 spiro atoms. The molecule has 1 aliphatic heterocycles. The summed E-state index contributed by atoms with van der Waals surface area (Å²) in [5, 5.41) is 0. The number of likely N-dealkylation sites (N-methyl/N-ethyl adjacent to an activating group) is 1. The van der Waals surface area contributed by atoms with Gasteiger partial charge in [-0.25, -0.2) is 13.2 Å². The first-order valence-corrected chi connectivity index (χ1v) is 9.94. The first-order valence-electron chi connectivity index (χ1n) is 8.12. The normalized spacial score (nSPS) is 19.0. The molecule has 1 atom stereocenters. The van der Waals surface area contributed by atoms with Gasteiger partial charge in [-0.1, -0.05) is 19.1 Å². The number of rotatable bonds is 6. The van der Waals surface area contributed by atoms with Crippen LogP contribution in [0.1, 0.15) is 36.2 Å². The van der Waals surface area contributed by atoms with Gasteiger partial charge in [0.15, 0.2) is 16.4 Å². The predicted molar refractivity (Wildman–Crippen MR) is 90.5 cm³/mol. The molecule has 24 heavy (non-hydrogen) atoms. The van der Waals surface area contributed by atoms with Gasteiger partial charge in [0, 0.05) is 12.6 Å². The molecule has 1 aromatic carbocycles. The van der Waals surface area contributed by atoms with Gasteiger partial charge in [-0.05, 0) is 37.5 Å². The molecule has 0 aliphatic carbocycles. The van der Waals surface area contributed by atoms with Crippen molar-refractivity contribution in [2.75, 3.05) is 24.7 Å². The van der Waals surface area contributed by atoms with Crippen LogP contribution < -0.4 is 0 Å². The van der Waals surface area contributed by atoms with Gasteiger partial charge in [-0.15, -0.1) is 0 Å².